The molecule has 1 atom stereocenters. The van der Waals surface area contributed by atoms with Crippen molar-refractivity contribution in [2.45, 2.75) is 10.8 Å². The number of nitrogens with zero attached hydrogens (tertiary/aromatic N) is 2. The summed E-state index contributed by atoms with van der Waals surface area (Å²) in [5, 5.41) is 9.88. The van der Waals surface area contributed by atoms with Crippen molar-refractivity contribution in [3.63, 3.8) is 0 Å². The maximum Gasteiger partial charge on any atom is 0.419 e. The molecule has 0 bridgehead atoms. The van der Waals surface area contributed by atoms with E-state index < -0.39 is 21.7 Å². The number of hydrogen-bond donors (Lipinski definition) is 1. The maximum absolute atomic E-state index is 12.8. The highest BCUT2D eigenvalue weighted by atomic mass is 35.5. The summed E-state index contributed by atoms with van der Waals surface area (Å²) in [4.78, 5) is 11.6. The van der Waals surface area contributed by atoms with E-state index in [-0.39, 0.29) is 21.2 Å². The Kier molecular flexibility index (Phi) is 5.31. The van der Waals surface area contributed by atoms with Gasteiger partial charge in [0, 0.05) is 18.1 Å². The molecule has 1 N–H and O–H groups in total. The Morgan fingerprint density at radius 2 is 1.84 bits per heavy atom. The number of aromatic nitrogens is 1. The van der Waals surface area contributed by atoms with Crippen LogP contribution in [-0.2, 0) is 17.1 Å². The third kappa shape index (κ3) is 3.93. The van der Waals surface area contributed by atoms with Gasteiger partial charge in [-0.25, -0.2) is 13.2 Å². The van der Waals surface area contributed by atoms with Gasteiger partial charge in [-0.2, -0.15) is 5.26 Å². The molecule has 0 spiro atoms. The van der Waals surface area contributed by atoms with E-state index in [9.17, 15) is 18.5 Å². The third-order valence-electron chi connectivity index (χ3n) is 4.90. The van der Waals surface area contributed by atoms with Crippen LogP contribution in [0.15, 0.2) is 80.8 Å². The Balaban J connectivity index is 1.64. The zero-order valence-corrected chi connectivity index (χ0v) is 17.8. The van der Waals surface area contributed by atoms with Crippen LogP contribution in [0.4, 0.5) is 5.69 Å². The molecule has 0 aliphatic rings. The van der Waals surface area contributed by atoms with Crippen LogP contribution in [0.1, 0.15) is 17.0 Å². The van der Waals surface area contributed by atoms with Crippen LogP contribution in [0.5, 0.6) is 0 Å². The number of sulfonamides is 1. The Bertz CT molecular complexity index is 1480. The topological polar surface area (TPSA) is 105 Å². The van der Waals surface area contributed by atoms with Gasteiger partial charge in [-0.05, 0) is 35.4 Å². The third-order valence-corrected chi connectivity index (χ3v) is 6.61. The molecule has 0 saturated carbocycles. The minimum absolute atomic E-state index is 0.0614. The molecule has 0 aliphatic heterocycles. The van der Waals surface area contributed by atoms with Gasteiger partial charge in [0.15, 0.2) is 5.58 Å². The highest BCUT2D eigenvalue weighted by molar-refractivity contribution is 7.92. The van der Waals surface area contributed by atoms with Gasteiger partial charge in [0.1, 0.15) is 0 Å². The van der Waals surface area contributed by atoms with Crippen molar-refractivity contribution in [3.8, 4) is 6.07 Å². The lowest BCUT2D eigenvalue weighted by Crippen LogP contribution is -2.13. The number of hydrogen-bond acceptors (Lipinski definition) is 5. The molecule has 0 fully saturated rings. The van der Waals surface area contributed by atoms with Crippen LogP contribution < -0.4 is 10.5 Å². The molecule has 3 aromatic carbocycles. The molecule has 0 radical (unpaired) electrons. The highest BCUT2D eigenvalue weighted by Gasteiger charge is 2.20. The number of nitriles is 1. The van der Waals surface area contributed by atoms with Crippen molar-refractivity contribution in [1.29, 1.82) is 5.26 Å². The second kappa shape index (κ2) is 7.95. The van der Waals surface area contributed by atoms with Gasteiger partial charge in [-0.15, -0.1) is 0 Å². The van der Waals surface area contributed by atoms with E-state index in [2.05, 4.69) is 10.8 Å². The van der Waals surface area contributed by atoms with Crippen LogP contribution in [-0.4, -0.2) is 13.0 Å². The van der Waals surface area contributed by atoms with E-state index in [0.717, 1.165) is 5.56 Å². The van der Waals surface area contributed by atoms with Crippen molar-refractivity contribution >= 4 is 38.4 Å². The molecular weight excluding hydrogens is 438 g/mol. The molecule has 1 heterocycles. The van der Waals surface area contributed by atoms with Gasteiger partial charge < -0.3 is 4.42 Å². The van der Waals surface area contributed by atoms with Crippen molar-refractivity contribution in [2.75, 3.05) is 4.72 Å². The number of oxazole rings is 1. The number of benzene rings is 3. The lowest BCUT2D eigenvalue weighted by molar-refractivity contribution is 0.527. The molecule has 9 heteroatoms. The largest absolute Gasteiger partial charge is 0.419 e. The first-order valence-electron chi connectivity index (χ1n) is 9.16. The van der Waals surface area contributed by atoms with Crippen molar-refractivity contribution in [1.82, 2.24) is 4.57 Å². The fourth-order valence-corrected chi connectivity index (χ4v) is 4.64. The number of rotatable bonds is 5. The Labute approximate surface area is 183 Å². The summed E-state index contributed by atoms with van der Waals surface area (Å²) < 4.78 is 34.4. The second-order valence-electron chi connectivity index (χ2n) is 6.87. The quantitative estimate of drug-likeness (QED) is 0.486. The van der Waals surface area contributed by atoms with Gasteiger partial charge in [0.05, 0.1) is 28.1 Å². The van der Waals surface area contributed by atoms with Crippen LogP contribution in [0.25, 0.3) is 11.1 Å². The van der Waals surface area contributed by atoms with Crippen LogP contribution in [0.2, 0.25) is 5.02 Å². The summed E-state index contributed by atoms with van der Waals surface area (Å²) in [6.45, 7) is 0. The summed E-state index contributed by atoms with van der Waals surface area (Å²) in [5.74, 6) is -1.16. The van der Waals surface area contributed by atoms with Crippen LogP contribution in [0, 0.1) is 11.3 Å². The smallest absolute Gasteiger partial charge is 0.408 e. The molecule has 0 saturated heterocycles. The molecule has 4 rings (SSSR count). The number of halogens is 1. The fraction of sp³-hybridized carbons (Fsp3) is 0.0909. The number of anilines is 1. The minimum atomic E-state index is -3.96. The summed E-state index contributed by atoms with van der Waals surface area (Å²) in [5.41, 5.74) is 2.26. The van der Waals surface area contributed by atoms with Crippen molar-refractivity contribution < 1.29 is 12.8 Å². The molecule has 1 unspecified atom stereocenters. The van der Waals surface area contributed by atoms with Gasteiger partial charge in [-0.3, -0.25) is 9.29 Å². The fourth-order valence-electron chi connectivity index (χ4n) is 3.29. The number of fused-ring (bicyclic) bond motifs is 1. The lowest BCUT2D eigenvalue weighted by atomic mass is 9.92. The molecule has 4 aromatic rings. The summed E-state index contributed by atoms with van der Waals surface area (Å²) in [6.07, 6.45) is 0. The zero-order chi connectivity index (χ0) is 22.2. The first kappa shape index (κ1) is 20.7. The number of aryl methyl sites for hydroxylation is 1. The first-order valence-corrected chi connectivity index (χ1v) is 11.0. The molecule has 7 nitrogen and oxygen atoms in total. The van der Waals surface area contributed by atoms with Gasteiger partial charge in [0.25, 0.3) is 10.0 Å². The van der Waals surface area contributed by atoms with Gasteiger partial charge in [-0.1, -0.05) is 48.0 Å². The van der Waals surface area contributed by atoms with Crippen molar-refractivity contribution in [3.05, 3.63) is 93.4 Å². The second-order valence-corrected chi connectivity index (χ2v) is 8.96. The van der Waals surface area contributed by atoms with Gasteiger partial charge >= 0.3 is 5.76 Å². The van der Waals surface area contributed by atoms with E-state index in [1.165, 1.54) is 35.9 Å². The molecule has 156 valence electrons. The predicted octanol–water partition coefficient (Wildman–Crippen LogP) is 4.24. The summed E-state index contributed by atoms with van der Waals surface area (Å²) in [6, 6.07) is 20.2. The average molecular weight is 454 g/mol. The zero-order valence-electron chi connectivity index (χ0n) is 16.2. The van der Waals surface area contributed by atoms with E-state index in [1.54, 1.807) is 12.1 Å². The summed E-state index contributed by atoms with van der Waals surface area (Å²) in [7, 11) is -2.43. The Morgan fingerprint density at radius 3 is 2.52 bits per heavy atom. The van der Waals surface area contributed by atoms with Gasteiger partial charge in [0.2, 0.25) is 0 Å². The highest BCUT2D eigenvalue weighted by Crippen LogP contribution is 2.32. The first-order chi connectivity index (χ1) is 14.8. The molecular formula is C22H16ClN3O4S. The monoisotopic (exact) mass is 453 g/mol. The normalized spacial score (nSPS) is 12.4. The van der Waals surface area contributed by atoms with E-state index in [0.29, 0.717) is 11.1 Å². The molecule has 1 aromatic heterocycles. The van der Waals surface area contributed by atoms with Crippen molar-refractivity contribution in [2.24, 2.45) is 7.05 Å². The Hall–Kier alpha value is -3.54. The van der Waals surface area contributed by atoms with Crippen LogP contribution >= 0.6 is 11.6 Å². The average Bonchev–Trinajstić information content (AvgIpc) is 3.04. The van der Waals surface area contributed by atoms with E-state index >= 15 is 0 Å². The van der Waals surface area contributed by atoms with E-state index in [4.69, 9.17) is 16.0 Å². The van der Waals surface area contributed by atoms with E-state index in [1.807, 2.05) is 30.3 Å². The predicted molar refractivity (Wildman–Crippen MR) is 118 cm³/mol. The standard InChI is InChI=1S/C22H16ClN3O4S/c1-26-20-10-8-16(12-21(20)30-22(26)27)31(28,29)25-15-7-9-17(19(23)11-15)18(13-24)14-5-3-2-4-6-14/h2-12,18,25H,1H3. The minimum Gasteiger partial charge on any atom is -0.408 e. The maximum atomic E-state index is 12.8. The molecule has 0 aliphatic carbocycles. The molecule has 0 amide bonds. The molecule has 31 heavy (non-hydrogen) atoms. The SMILES string of the molecule is Cn1c(=O)oc2cc(S(=O)(=O)Nc3ccc(C(C#N)c4ccccc4)c(Cl)c3)ccc21. The lowest BCUT2D eigenvalue weighted by Gasteiger charge is -2.14. The Morgan fingerprint density at radius 1 is 1.10 bits per heavy atom. The van der Waals surface area contributed by atoms with Crippen LogP contribution in [0.3, 0.4) is 0 Å². The summed E-state index contributed by atoms with van der Waals surface area (Å²) >= 11 is 6.39. The number of nitrogens with one attached hydrogen (secondary N) is 1.